The summed E-state index contributed by atoms with van der Waals surface area (Å²) in [5.41, 5.74) is 3.63. The molecule has 1 atom stereocenters. The second-order valence-electron chi connectivity index (χ2n) is 10.2. The molecule has 1 N–H and O–H groups in total. The van der Waals surface area contributed by atoms with E-state index in [0.717, 1.165) is 28.1 Å². The number of hydrogen-bond donors (Lipinski definition) is 1. The Bertz CT molecular complexity index is 1410. The Labute approximate surface area is 228 Å². The monoisotopic (exact) mass is 552 g/mol. The maximum atomic E-state index is 13.3. The number of carbonyl (C=O) groups is 4. The number of nitrogens with one attached hydrogen (secondary N) is 1. The summed E-state index contributed by atoms with van der Waals surface area (Å²) in [5, 5.41) is 2.22. The zero-order valence-corrected chi connectivity index (χ0v) is 22.7. The minimum atomic E-state index is -3.14. The van der Waals surface area contributed by atoms with E-state index in [1.807, 2.05) is 6.07 Å². The van der Waals surface area contributed by atoms with E-state index in [1.54, 1.807) is 23.4 Å². The van der Waals surface area contributed by atoms with Gasteiger partial charge in [-0.05, 0) is 48.9 Å². The number of benzene rings is 2. The van der Waals surface area contributed by atoms with Crippen LogP contribution in [0.25, 0.3) is 0 Å². The fourth-order valence-corrected chi connectivity index (χ4v) is 6.57. The first-order valence-electron chi connectivity index (χ1n) is 13.3. The van der Waals surface area contributed by atoms with Crippen molar-refractivity contribution in [3.8, 4) is 0 Å². The molecule has 2 aromatic rings. The third-order valence-electron chi connectivity index (χ3n) is 7.76. The van der Waals surface area contributed by atoms with Gasteiger partial charge in [-0.2, -0.15) is 4.31 Å². The molecule has 2 saturated heterocycles. The van der Waals surface area contributed by atoms with E-state index < -0.39 is 39.7 Å². The Kier molecular flexibility index (Phi) is 7.66. The van der Waals surface area contributed by atoms with Crippen molar-refractivity contribution in [2.24, 2.45) is 0 Å². The number of fused-ring (bicyclic) bond motifs is 1. The van der Waals surface area contributed by atoms with Crippen molar-refractivity contribution in [2.75, 3.05) is 31.9 Å². The lowest BCUT2D eigenvalue weighted by molar-refractivity contribution is -0.136. The molecule has 0 saturated carbocycles. The number of piperidine rings is 1. The fourth-order valence-electron chi connectivity index (χ4n) is 5.49. The first kappa shape index (κ1) is 27.2. The Morgan fingerprint density at radius 2 is 1.56 bits per heavy atom. The van der Waals surface area contributed by atoms with Gasteiger partial charge in [0.2, 0.25) is 21.8 Å². The Morgan fingerprint density at radius 1 is 0.872 bits per heavy atom. The largest absolute Gasteiger partial charge is 0.296 e. The normalized spacial score (nSPS) is 20.8. The van der Waals surface area contributed by atoms with Gasteiger partial charge in [-0.1, -0.05) is 36.4 Å². The first-order chi connectivity index (χ1) is 18.7. The molecule has 0 aliphatic carbocycles. The first-order valence-corrected chi connectivity index (χ1v) is 14.9. The number of carbonyl (C=O) groups excluding carboxylic acids is 4. The average Bonchev–Trinajstić information content (AvgIpc) is 3.18. The van der Waals surface area contributed by atoms with Gasteiger partial charge in [0.15, 0.2) is 0 Å². The van der Waals surface area contributed by atoms with Crippen molar-refractivity contribution in [3.63, 3.8) is 0 Å². The number of imide groups is 2. The van der Waals surface area contributed by atoms with E-state index in [1.165, 1.54) is 0 Å². The van der Waals surface area contributed by atoms with Crippen LogP contribution in [0, 0.1) is 0 Å². The highest BCUT2D eigenvalue weighted by Crippen LogP contribution is 2.30. The number of hydrogen-bond acceptors (Lipinski definition) is 7. The molecule has 11 heteroatoms. The molecular formula is C28H32N4O6S. The molecule has 10 nitrogen and oxygen atoms in total. The van der Waals surface area contributed by atoms with Crippen molar-refractivity contribution in [3.05, 3.63) is 70.3 Å². The highest BCUT2D eigenvalue weighted by Gasteiger charge is 2.45. The van der Waals surface area contributed by atoms with Crippen LogP contribution >= 0.6 is 0 Å². The smallest absolute Gasteiger partial charge is 0.262 e. The summed E-state index contributed by atoms with van der Waals surface area (Å²) in [4.78, 5) is 53.5. The number of aryl methyl sites for hydroxylation is 2. The predicted octanol–water partition coefficient (Wildman–Crippen LogP) is 1.34. The van der Waals surface area contributed by atoms with Crippen molar-refractivity contribution >= 4 is 33.7 Å². The van der Waals surface area contributed by atoms with Crippen molar-refractivity contribution in [1.29, 1.82) is 0 Å². The molecule has 5 rings (SSSR count). The summed E-state index contributed by atoms with van der Waals surface area (Å²) in [7, 11) is -3.14. The van der Waals surface area contributed by atoms with Gasteiger partial charge in [-0.15, -0.1) is 0 Å². The van der Waals surface area contributed by atoms with E-state index in [9.17, 15) is 27.6 Å². The topological polar surface area (TPSA) is 124 Å². The molecule has 2 fully saturated rings. The van der Waals surface area contributed by atoms with Crippen LogP contribution in [0.5, 0.6) is 0 Å². The van der Waals surface area contributed by atoms with E-state index in [4.69, 9.17) is 0 Å². The second kappa shape index (κ2) is 11.0. The molecule has 39 heavy (non-hydrogen) atoms. The van der Waals surface area contributed by atoms with E-state index >= 15 is 0 Å². The molecular weight excluding hydrogens is 520 g/mol. The Balaban J connectivity index is 1.20. The molecule has 2 aromatic carbocycles. The van der Waals surface area contributed by atoms with Gasteiger partial charge in [-0.25, -0.2) is 8.42 Å². The van der Waals surface area contributed by atoms with Crippen molar-refractivity contribution in [1.82, 2.24) is 19.4 Å². The second-order valence-corrected chi connectivity index (χ2v) is 12.4. The molecule has 0 bridgehead atoms. The van der Waals surface area contributed by atoms with Gasteiger partial charge in [0.1, 0.15) is 6.04 Å². The predicted molar refractivity (Wildman–Crippen MR) is 143 cm³/mol. The number of nitrogens with zero attached hydrogens (tertiary/aromatic N) is 3. The van der Waals surface area contributed by atoms with Gasteiger partial charge in [0, 0.05) is 39.1 Å². The summed E-state index contributed by atoms with van der Waals surface area (Å²) in [6.07, 6.45) is 1.44. The van der Waals surface area contributed by atoms with Gasteiger partial charge in [0.05, 0.1) is 16.9 Å². The molecule has 1 unspecified atom stereocenters. The van der Waals surface area contributed by atoms with Crippen LogP contribution < -0.4 is 5.32 Å². The molecule has 3 aliphatic heterocycles. The summed E-state index contributed by atoms with van der Waals surface area (Å²) < 4.78 is 25.7. The molecule has 3 aliphatic rings. The molecule has 0 spiro atoms. The van der Waals surface area contributed by atoms with Gasteiger partial charge in [0.25, 0.3) is 11.8 Å². The molecule has 0 radical (unpaired) electrons. The van der Waals surface area contributed by atoms with Crippen molar-refractivity contribution < 1.29 is 27.6 Å². The minimum Gasteiger partial charge on any atom is -0.296 e. The van der Waals surface area contributed by atoms with Crippen LogP contribution in [-0.4, -0.2) is 84.1 Å². The van der Waals surface area contributed by atoms with E-state index in [-0.39, 0.29) is 18.6 Å². The molecule has 206 valence electrons. The van der Waals surface area contributed by atoms with Crippen LogP contribution in [0.3, 0.4) is 0 Å². The van der Waals surface area contributed by atoms with Gasteiger partial charge >= 0.3 is 0 Å². The number of piperazine rings is 1. The minimum absolute atomic E-state index is 0.0869. The van der Waals surface area contributed by atoms with Crippen LogP contribution in [0.15, 0.2) is 42.5 Å². The molecule has 4 amide bonds. The molecule has 0 aromatic heterocycles. The zero-order chi connectivity index (χ0) is 27.7. The summed E-state index contributed by atoms with van der Waals surface area (Å²) in [6.45, 7) is 4.84. The highest BCUT2D eigenvalue weighted by molar-refractivity contribution is 7.89. The quantitative estimate of drug-likeness (QED) is 0.490. The summed E-state index contributed by atoms with van der Waals surface area (Å²) in [6, 6.07) is 12.5. The highest BCUT2D eigenvalue weighted by atomic mass is 32.2. The lowest BCUT2D eigenvalue weighted by Gasteiger charge is -2.33. The maximum absolute atomic E-state index is 13.3. The zero-order valence-electron chi connectivity index (χ0n) is 21.9. The van der Waals surface area contributed by atoms with Crippen molar-refractivity contribution in [2.45, 2.75) is 45.2 Å². The Morgan fingerprint density at radius 3 is 2.23 bits per heavy atom. The third kappa shape index (κ3) is 5.52. The number of rotatable bonds is 8. The fraction of sp³-hybridized carbons (Fsp3) is 0.429. The molecule has 3 heterocycles. The lowest BCUT2D eigenvalue weighted by Crippen LogP contribution is -2.54. The SMILES string of the molecule is CCS(=O)(=O)N1CCN(Cc2ccc(CCc3cccc4c3C(=O)N(C3CCC(=O)NC3=O)C4=O)cc2)CC1. The standard InChI is InChI=1S/C28H32N4O6S/c1-2-39(37,38)31-16-14-30(15-17-31)18-20-8-6-19(7-9-20)10-11-21-4-3-5-22-25(21)28(36)32(27(22)35)23-12-13-24(33)29-26(23)34/h3-9,23H,2,10-18H2,1H3,(H,29,33,34). The van der Waals surface area contributed by atoms with E-state index in [0.29, 0.717) is 50.1 Å². The Hall–Kier alpha value is -3.41. The third-order valence-corrected chi connectivity index (χ3v) is 9.64. The average molecular weight is 553 g/mol. The summed E-state index contributed by atoms with van der Waals surface area (Å²) >= 11 is 0. The van der Waals surface area contributed by atoms with Crippen LogP contribution in [0.4, 0.5) is 0 Å². The summed E-state index contributed by atoms with van der Waals surface area (Å²) in [5.74, 6) is -1.87. The lowest BCUT2D eigenvalue weighted by atomic mass is 9.96. The van der Waals surface area contributed by atoms with Gasteiger partial charge in [-0.3, -0.25) is 34.3 Å². The maximum Gasteiger partial charge on any atom is 0.262 e. The van der Waals surface area contributed by atoms with E-state index in [2.05, 4.69) is 34.5 Å². The van der Waals surface area contributed by atoms with Gasteiger partial charge < -0.3 is 0 Å². The number of amides is 4. The number of sulfonamides is 1. The van der Waals surface area contributed by atoms with Crippen LogP contribution in [-0.2, 0) is 39.0 Å². The van der Waals surface area contributed by atoms with Crippen LogP contribution in [0.1, 0.15) is 57.2 Å². The van der Waals surface area contributed by atoms with Crippen LogP contribution in [0.2, 0.25) is 0 Å².